The minimum absolute atomic E-state index is 0.0825. The van der Waals surface area contributed by atoms with Crippen molar-refractivity contribution in [2.75, 3.05) is 0 Å². The molecular weight excluding hydrogens is 226 g/mol. The average molecular weight is 243 g/mol. The maximum atomic E-state index is 12.1. The zero-order chi connectivity index (χ0) is 12.8. The summed E-state index contributed by atoms with van der Waals surface area (Å²) < 4.78 is 1.92. The van der Waals surface area contributed by atoms with E-state index >= 15 is 0 Å². The predicted octanol–water partition coefficient (Wildman–Crippen LogP) is 2.50. The fourth-order valence-electron chi connectivity index (χ4n) is 1.88. The monoisotopic (exact) mass is 243 g/mol. The van der Waals surface area contributed by atoms with Gasteiger partial charge in [0.2, 0.25) is 0 Å². The molecule has 0 bridgehead atoms. The third-order valence-corrected chi connectivity index (χ3v) is 2.76. The molecule has 0 atom stereocenters. The van der Waals surface area contributed by atoms with Gasteiger partial charge in [0.1, 0.15) is 0 Å². The number of pyridine rings is 1. The molecule has 0 aliphatic rings. The maximum Gasteiger partial charge on any atom is 0.198 e. The van der Waals surface area contributed by atoms with Gasteiger partial charge in [-0.25, -0.2) is 4.98 Å². The molecule has 4 heteroatoms. The molecule has 0 aliphatic heterocycles. The van der Waals surface area contributed by atoms with Crippen LogP contribution >= 0.6 is 0 Å². The van der Waals surface area contributed by atoms with Crippen molar-refractivity contribution in [1.29, 1.82) is 0 Å². The van der Waals surface area contributed by atoms with Crippen LogP contribution in [0.5, 0.6) is 0 Å². The Labute approximate surface area is 107 Å². The lowest BCUT2D eigenvalue weighted by Gasteiger charge is -2.05. The number of imidazole rings is 1. The van der Waals surface area contributed by atoms with E-state index in [1.54, 1.807) is 12.4 Å². The summed E-state index contributed by atoms with van der Waals surface area (Å²) in [5.74, 6) is 0.645. The molecule has 2 heterocycles. The molecule has 2 aromatic rings. The number of carbonyl (C=O) groups is 1. The van der Waals surface area contributed by atoms with Crippen molar-refractivity contribution < 1.29 is 4.79 Å². The number of nitrogens with zero attached hydrogens (tertiary/aromatic N) is 3. The number of hydrogen-bond acceptors (Lipinski definition) is 3. The molecule has 2 aromatic heterocycles. The van der Waals surface area contributed by atoms with Gasteiger partial charge in [0, 0.05) is 37.3 Å². The van der Waals surface area contributed by atoms with Crippen molar-refractivity contribution >= 4 is 5.78 Å². The van der Waals surface area contributed by atoms with E-state index in [1.807, 2.05) is 29.0 Å². The number of Topliss-reactive ketones (excluding diaryl/α,β-unsaturated/α-hetero) is 1. The normalized spacial score (nSPS) is 10.5. The summed E-state index contributed by atoms with van der Waals surface area (Å²) in [5.41, 5.74) is 0.944. The first-order valence-electron chi connectivity index (χ1n) is 6.25. The Bertz CT molecular complexity index is 505. The Hall–Kier alpha value is -1.97. The van der Waals surface area contributed by atoms with Crippen LogP contribution < -0.4 is 0 Å². The summed E-state index contributed by atoms with van der Waals surface area (Å²) in [6.45, 7) is 2.92. The quantitative estimate of drug-likeness (QED) is 0.732. The molecule has 0 amide bonds. The lowest BCUT2D eigenvalue weighted by Crippen LogP contribution is -2.11. The smallest absolute Gasteiger partial charge is 0.198 e. The Balaban J connectivity index is 1.97. The van der Waals surface area contributed by atoms with Gasteiger partial charge >= 0.3 is 0 Å². The fraction of sp³-hybridized carbons (Fsp3) is 0.357. The summed E-state index contributed by atoms with van der Waals surface area (Å²) in [7, 11) is 0. The molecule has 18 heavy (non-hydrogen) atoms. The summed E-state index contributed by atoms with van der Waals surface area (Å²) in [6, 6.07) is 5.75. The number of hydrogen-bond donors (Lipinski definition) is 0. The summed E-state index contributed by atoms with van der Waals surface area (Å²) in [6.07, 6.45) is 7.41. The largest absolute Gasteiger partial charge is 0.329 e. The highest BCUT2D eigenvalue weighted by molar-refractivity contribution is 5.92. The van der Waals surface area contributed by atoms with Crippen LogP contribution in [0.15, 0.2) is 36.8 Å². The Morgan fingerprint density at radius 2 is 2.17 bits per heavy atom. The first-order chi connectivity index (χ1) is 8.81. The predicted molar refractivity (Wildman–Crippen MR) is 69.4 cm³/mol. The topological polar surface area (TPSA) is 47.8 Å². The molecule has 0 saturated heterocycles. The molecule has 0 N–H and O–H groups in total. The van der Waals surface area contributed by atoms with Crippen LogP contribution in [-0.4, -0.2) is 20.3 Å². The molecule has 0 aliphatic carbocycles. The summed E-state index contributed by atoms with van der Waals surface area (Å²) in [5, 5.41) is 0. The number of rotatable bonds is 6. The lowest BCUT2D eigenvalue weighted by molar-refractivity contribution is 0.0968. The highest BCUT2D eigenvalue weighted by atomic mass is 16.1. The van der Waals surface area contributed by atoms with E-state index in [2.05, 4.69) is 16.9 Å². The van der Waals surface area contributed by atoms with Crippen LogP contribution in [0.2, 0.25) is 0 Å². The zero-order valence-electron chi connectivity index (χ0n) is 10.5. The van der Waals surface area contributed by atoms with E-state index in [1.165, 1.54) is 0 Å². The molecule has 0 fully saturated rings. The fourth-order valence-corrected chi connectivity index (χ4v) is 1.88. The van der Waals surface area contributed by atoms with Crippen molar-refractivity contribution in [1.82, 2.24) is 14.5 Å². The van der Waals surface area contributed by atoms with Crippen LogP contribution in [-0.2, 0) is 13.0 Å². The maximum absolute atomic E-state index is 12.1. The first-order valence-corrected chi connectivity index (χ1v) is 6.25. The number of aromatic nitrogens is 3. The average Bonchev–Trinajstić information content (AvgIpc) is 2.86. The summed E-state index contributed by atoms with van der Waals surface area (Å²) in [4.78, 5) is 20.4. The summed E-state index contributed by atoms with van der Waals surface area (Å²) >= 11 is 0. The minimum Gasteiger partial charge on any atom is -0.329 e. The molecule has 2 rings (SSSR count). The van der Waals surface area contributed by atoms with Gasteiger partial charge in [-0.1, -0.05) is 13.0 Å². The molecule has 0 unspecified atom stereocenters. The highest BCUT2D eigenvalue weighted by Crippen LogP contribution is 2.06. The van der Waals surface area contributed by atoms with E-state index in [0.717, 1.165) is 18.7 Å². The minimum atomic E-state index is 0.0825. The van der Waals surface area contributed by atoms with Gasteiger partial charge in [-0.2, -0.15) is 0 Å². The number of carbonyl (C=O) groups excluding carboxylic acids is 1. The van der Waals surface area contributed by atoms with Crippen LogP contribution in [0.4, 0.5) is 0 Å². The van der Waals surface area contributed by atoms with Gasteiger partial charge in [-0.15, -0.1) is 0 Å². The number of aryl methyl sites for hydroxylation is 2. The lowest BCUT2D eigenvalue weighted by atomic mass is 10.1. The molecular formula is C14H17N3O. The van der Waals surface area contributed by atoms with Crippen molar-refractivity contribution in [2.24, 2.45) is 0 Å². The van der Waals surface area contributed by atoms with Crippen molar-refractivity contribution in [2.45, 2.75) is 32.7 Å². The van der Waals surface area contributed by atoms with Crippen LogP contribution in [0.1, 0.15) is 36.1 Å². The SMILES string of the molecule is CCCn1ccnc1C(=O)CCc1ccccn1. The molecule has 0 radical (unpaired) electrons. The molecule has 0 aromatic carbocycles. The molecule has 0 spiro atoms. The van der Waals surface area contributed by atoms with E-state index in [9.17, 15) is 4.79 Å². The second-order valence-electron chi connectivity index (χ2n) is 4.19. The standard InChI is InChI=1S/C14H17N3O/c1-2-10-17-11-9-16-14(17)13(18)7-6-12-5-3-4-8-15-12/h3-5,8-9,11H,2,6-7,10H2,1H3. The van der Waals surface area contributed by atoms with Gasteiger partial charge in [0.05, 0.1) is 0 Å². The Morgan fingerprint density at radius 1 is 1.28 bits per heavy atom. The van der Waals surface area contributed by atoms with Crippen molar-refractivity contribution in [3.05, 3.63) is 48.3 Å². The van der Waals surface area contributed by atoms with E-state index < -0.39 is 0 Å². The van der Waals surface area contributed by atoms with E-state index in [4.69, 9.17) is 0 Å². The van der Waals surface area contributed by atoms with Crippen LogP contribution in [0, 0.1) is 0 Å². The Kier molecular flexibility index (Phi) is 4.23. The van der Waals surface area contributed by atoms with Crippen molar-refractivity contribution in [3.63, 3.8) is 0 Å². The van der Waals surface area contributed by atoms with Crippen molar-refractivity contribution in [3.8, 4) is 0 Å². The third kappa shape index (κ3) is 3.03. The molecule has 0 saturated carbocycles. The zero-order valence-corrected chi connectivity index (χ0v) is 10.5. The van der Waals surface area contributed by atoms with Gasteiger partial charge in [-0.3, -0.25) is 9.78 Å². The third-order valence-electron chi connectivity index (χ3n) is 2.76. The molecule has 4 nitrogen and oxygen atoms in total. The van der Waals surface area contributed by atoms with Gasteiger partial charge in [0.25, 0.3) is 0 Å². The first kappa shape index (κ1) is 12.5. The second-order valence-corrected chi connectivity index (χ2v) is 4.19. The van der Waals surface area contributed by atoms with Gasteiger partial charge in [-0.05, 0) is 25.0 Å². The Morgan fingerprint density at radius 3 is 2.89 bits per heavy atom. The van der Waals surface area contributed by atoms with Gasteiger partial charge in [0.15, 0.2) is 11.6 Å². The van der Waals surface area contributed by atoms with E-state index in [0.29, 0.717) is 18.7 Å². The second kappa shape index (κ2) is 6.10. The van der Waals surface area contributed by atoms with Crippen LogP contribution in [0.3, 0.4) is 0 Å². The van der Waals surface area contributed by atoms with Crippen LogP contribution in [0.25, 0.3) is 0 Å². The highest BCUT2D eigenvalue weighted by Gasteiger charge is 2.12. The molecule has 94 valence electrons. The van der Waals surface area contributed by atoms with Gasteiger partial charge < -0.3 is 4.57 Å². The number of ketones is 1. The van der Waals surface area contributed by atoms with E-state index in [-0.39, 0.29) is 5.78 Å².